The van der Waals surface area contributed by atoms with E-state index in [0.29, 0.717) is 32.7 Å². The van der Waals surface area contributed by atoms with Gasteiger partial charge in [-0.3, -0.25) is 4.79 Å². The average Bonchev–Trinajstić information content (AvgIpc) is 2.61. The number of likely N-dealkylation sites (tertiary alicyclic amines) is 1. The summed E-state index contributed by atoms with van der Waals surface area (Å²) in [6.45, 7) is 4.14. The van der Waals surface area contributed by atoms with Crippen LogP contribution in [0.1, 0.15) is 26.2 Å². The van der Waals surface area contributed by atoms with Crippen LogP contribution in [0.25, 0.3) is 0 Å². The Morgan fingerprint density at radius 2 is 1.92 bits per heavy atom. The van der Waals surface area contributed by atoms with Crippen molar-refractivity contribution in [1.29, 1.82) is 0 Å². The number of amides is 2. The van der Waals surface area contributed by atoms with Crippen LogP contribution < -0.4 is 10.2 Å². The second-order valence-corrected chi connectivity index (χ2v) is 6.03. The van der Waals surface area contributed by atoms with Crippen molar-refractivity contribution in [2.45, 2.75) is 32.2 Å². The van der Waals surface area contributed by atoms with E-state index in [4.69, 9.17) is 4.74 Å². The maximum absolute atomic E-state index is 12.1. The van der Waals surface area contributed by atoms with Crippen molar-refractivity contribution in [3.8, 4) is 0 Å². The Kier molecular flexibility index (Phi) is 6.90. The molecule has 1 aromatic carbocycles. The molecule has 6 heteroatoms. The van der Waals surface area contributed by atoms with Crippen molar-refractivity contribution in [1.82, 2.24) is 10.2 Å². The van der Waals surface area contributed by atoms with Gasteiger partial charge in [-0.25, -0.2) is 4.79 Å². The smallest absolute Gasteiger partial charge is 0.409 e. The summed E-state index contributed by atoms with van der Waals surface area (Å²) in [6, 6.07) is 10.2. The van der Waals surface area contributed by atoms with Gasteiger partial charge in [0.25, 0.3) is 0 Å². The van der Waals surface area contributed by atoms with Crippen molar-refractivity contribution >= 4 is 17.7 Å². The Hall–Kier alpha value is -2.24. The van der Waals surface area contributed by atoms with Crippen LogP contribution in [0.15, 0.2) is 30.3 Å². The first-order valence-corrected chi connectivity index (χ1v) is 8.57. The topological polar surface area (TPSA) is 61.9 Å². The molecule has 0 aliphatic carbocycles. The molecule has 0 saturated carbocycles. The average molecular weight is 333 g/mol. The van der Waals surface area contributed by atoms with E-state index in [9.17, 15) is 9.59 Å². The number of anilines is 1. The van der Waals surface area contributed by atoms with Gasteiger partial charge in [-0.15, -0.1) is 0 Å². The predicted molar refractivity (Wildman–Crippen MR) is 94.1 cm³/mol. The third-order valence-electron chi connectivity index (χ3n) is 4.26. The highest BCUT2D eigenvalue weighted by Crippen LogP contribution is 2.13. The standard InChI is InChI=1S/C18H27N3O3/c1-3-24-18(23)21-13-9-15(10-14-21)19-17(22)11-12-20(2)16-7-5-4-6-8-16/h4-8,15H,3,9-14H2,1-2H3,(H,19,22). The van der Waals surface area contributed by atoms with Crippen LogP contribution in [0.5, 0.6) is 0 Å². The second-order valence-electron chi connectivity index (χ2n) is 6.03. The van der Waals surface area contributed by atoms with Crippen LogP contribution in [0, 0.1) is 0 Å². The molecule has 2 amide bonds. The quantitative estimate of drug-likeness (QED) is 0.867. The summed E-state index contributed by atoms with van der Waals surface area (Å²) in [7, 11) is 1.99. The summed E-state index contributed by atoms with van der Waals surface area (Å²) in [4.78, 5) is 27.5. The van der Waals surface area contributed by atoms with Gasteiger partial charge >= 0.3 is 6.09 Å². The maximum atomic E-state index is 12.1. The van der Waals surface area contributed by atoms with E-state index in [-0.39, 0.29) is 18.0 Å². The van der Waals surface area contributed by atoms with Crippen LogP contribution in [0.2, 0.25) is 0 Å². The molecule has 0 spiro atoms. The van der Waals surface area contributed by atoms with Crippen LogP contribution in [0.3, 0.4) is 0 Å². The van der Waals surface area contributed by atoms with Gasteiger partial charge in [-0.05, 0) is 31.9 Å². The zero-order valence-corrected chi connectivity index (χ0v) is 14.5. The van der Waals surface area contributed by atoms with Gasteiger partial charge < -0.3 is 19.9 Å². The summed E-state index contributed by atoms with van der Waals surface area (Å²) in [6.07, 6.45) is 1.76. The molecule has 2 rings (SSSR count). The summed E-state index contributed by atoms with van der Waals surface area (Å²) in [5.41, 5.74) is 1.10. The minimum atomic E-state index is -0.258. The third kappa shape index (κ3) is 5.44. The Labute approximate surface area is 143 Å². The zero-order chi connectivity index (χ0) is 17.4. The molecule has 1 aliphatic rings. The molecule has 0 aromatic heterocycles. The van der Waals surface area contributed by atoms with Crippen molar-refractivity contribution in [2.75, 3.05) is 38.2 Å². The molecular formula is C18H27N3O3. The number of rotatable bonds is 6. The van der Waals surface area contributed by atoms with Gasteiger partial charge in [-0.1, -0.05) is 18.2 Å². The van der Waals surface area contributed by atoms with Gasteiger partial charge in [0.2, 0.25) is 5.91 Å². The van der Waals surface area contributed by atoms with Crippen LogP contribution in [0.4, 0.5) is 10.5 Å². The number of para-hydroxylation sites is 1. The van der Waals surface area contributed by atoms with E-state index < -0.39 is 0 Å². The molecule has 1 aliphatic heterocycles. The number of carbonyl (C=O) groups is 2. The molecule has 1 aromatic rings. The van der Waals surface area contributed by atoms with Crippen LogP contribution in [-0.4, -0.2) is 56.2 Å². The highest BCUT2D eigenvalue weighted by atomic mass is 16.6. The highest BCUT2D eigenvalue weighted by molar-refractivity contribution is 5.77. The normalized spacial score (nSPS) is 15.0. The number of nitrogens with one attached hydrogen (secondary N) is 1. The molecule has 6 nitrogen and oxygen atoms in total. The summed E-state index contributed by atoms with van der Waals surface area (Å²) < 4.78 is 5.00. The number of benzene rings is 1. The Morgan fingerprint density at radius 3 is 2.54 bits per heavy atom. The minimum Gasteiger partial charge on any atom is -0.450 e. The lowest BCUT2D eigenvalue weighted by atomic mass is 10.1. The molecule has 1 heterocycles. The lowest BCUT2D eigenvalue weighted by Gasteiger charge is -2.31. The molecule has 0 radical (unpaired) electrons. The number of hydrogen-bond acceptors (Lipinski definition) is 4. The van der Waals surface area contributed by atoms with E-state index in [0.717, 1.165) is 18.5 Å². The molecule has 24 heavy (non-hydrogen) atoms. The van der Waals surface area contributed by atoms with E-state index >= 15 is 0 Å². The molecule has 132 valence electrons. The fraction of sp³-hybridized carbons (Fsp3) is 0.556. The van der Waals surface area contributed by atoms with Crippen molar-refractivity contribution < 1.29 is 14.3 Å². The zero-order valence-electron chi connectivity index (χ0n) is 14.5. The van der Waals surface area contributed by atoms with Gasteiger partial charge in [-0.2, -0.15) is 0 Å². The lowest BCUT2D eigenvalue weighted by Crippen LogP contribution is -2.47. The molecule has 0 unspecified atom stereocenters. The molecular weight excluding hydrogens is 306 g/mol. The second kappa shape index (κ2) is 9.15. The number of piperidine rings is 1. The highest BCUT2D eigenvalue weighted by Gasteiger charge is 2.24. The number of nitrogens with zero attached hydrogens (tertiary/aromatic N) is 2. The number of carbonyl (C=O) groups excluding carboxylic acids is 2. The molecule has 0 atom stereocenters. The van der Waals surface area contributed by atoms with Gasteiger partial charge in [0.05, 0.1) is 6.61 Å². The Balaban J connectivity index is 1.67. The summed E-state index contributed by atoms with van der Waals surface area (Å²) in [5.74, 6) is 0.0624. The van der Waals surface area contributed by atoms with Crippen molar-refractivity contribution in [3.05, 3.63) is 30.3 Å². The summed E-state index contributed by atoms with van der Waals surface area (Å²) in [5, 5.41) is 3.07. The molecule has 1 fully saturated rings. The predicted octanol–water partition coefficient (Wildman–Crippen LogP) is 2.25. The number of ether oxygens (including phenoxy) is 1. The Morgan fingerprint density at radius 1 is 1.25 bits per heavy atom. The van der Waals surface area contributed by atoms with Crippen LogP contribution in [-0.2, 0) is 9.53 Å². The van der Waals surface area contributed by atoms with Crippen molar-refractivity contribution in [3.63, 3.8) is 0 Å². The maximum Gasteiger partial charge on any atom is 0.409 e. The molecule has 0 bridgehead atoms. The monoisotopic (exact) mass is 333 g/mol. The Bertz CT molecular complexity index is 528. The number of hydrogen-bond donors (Lipinski definition) is 1. The molecule has 1 N–H and O–H groups in total. The SMILES string of the molecule is CCOC(=O)N1CCC(NC(=O)CCN(C)c2ccccc2)CC1. The van der Waals surface area contributed by atoms with E-state index in [1.54, 1.807) is 11.8 Å². The first kappa shape index (κ1) is 18.1. The first-order chi connectivity index (χ1) is 11.6. The van der Waals surface area contributed by atoms with Crippen LogP contribution >= 0.6 is 0 Å². The van der Waals surface area contributed by atoms with Crippen molar-refractivity contribution in [2.24, 2.45) is 0 Å². The fourth-order valence-corrected chi connectivity index (χ4v) is 2.80. The summed E-state index contributed by atoms with van der Waals surface area (Å²) >= 11 is 0. The largest absolute Gasteiger partial charge is 0.450 e. The van der Waals surface area contributed by atoms with Gasteiger partial charge in [0, 0.05) is 44.8 Å². The van der Waals surface area contributed by atoms with Gasteiger partial charge in [0.15, 0.2) is 0 Å². The lowest BCUT2D eigenvalue weighted by molar-refractivity contribution is -0.121. The first-order valence-electron chi connectivity index (χ1n) is 8.57. The third-order valence-corrected chi connectivity index (χ3v) is 4.26. The minimum absolute atomic E-state index is 0.0624. The van der Waals surface area contributed by atoms with E-state index in [2.05, 4.69) is 10.2 Å². The molecule has 1 saturated heterocycles. The van der Waals surface area contributed by atoms with Gasteiger partial charge in [0.1, 0.15) is 0 Å². The fourth-order valence-electron chi connectivity index (χ4n) is 2.80. The van der Waals surface area contributed by atoms with E-state index in [1.165, 1.54) is 0 Å². The van der Waals surface area contributed by atoms with E-state index in [1.807, 2.05) is 37.4 Å².